The van der Waals surface area contributed by atoms with E-state index in [2.05, 4.69) is 4.90 Å². The van der Waals surface area contributed by atoms with Crippen molar-refractivity contribution in [3.05, 3.63) is 0 Å². The summed E-state index contributed by atoms with van der Waals surface area (Å²) in [6.07, 6.45) is 3.88. The van der Waals surface area contributed by atoms with Gasteiger partial charge < -0.3 is 5.11 Å². The van der Waals surface area contributed by atoms with Crippen LogP contribution in [0.15, 0.2) is 0 Å². The molecule has 0 saturated carbocycles. The van der Waals surface area contributed by atoms with Crippen LogP contribution in [-0.4, -0.2) is 58.4 Å². The number of nitrogens with zero attached hydrogens (tertiary/aromatic N) is 2. The minimum Gasteiger partial charge on any atom is -0.481 e. The van der Waals surface area contributed by atoms with E-state index in [1.54, 1.807) is 0 Å². The number of imide groups is 1. The number of rotatable bonds is 6. The van der Waals surface area contributed by atoms with Crippen LogP contribution in [0.2, 0.25) is 0 Å². The quantitative estimate of drug-likeness (QED) is 0.743. The van der Waals surface area contributed by atoms with Gasteiger partial charge in [-0.15, -0.1) is 0 Å². The largest absolute Gasteiger partial charge is 0.481 e. The predicted octanol–water partition coefficient (Wildman–Crippen LogP) is 1.10. The molecule has 0 spiro atoms. The predicted molar refractivity (Wildman–Crippen MR) is 76.6 cm³/mol. The summed E-state index contributed by atoms with van der Waals surface area (Å²) in [5, 5.41) is 8.77. The molecule has 21 heavy (non-hydrogen) atoms. The highest BCUT2D eigenvalue weighted by atomic mass is 16.4. The minimum atomic E-state index is -0.770. The van der Waals surface area contributed by atoms with E-state index >= 15 is 0 Å². The highest BCUT2D eigenvalue weighted by molar-refractivity contribution is 6.05. The Morgan fingerprint density at radius 2 is 2.14 bits per heavy atom. The molecule has 2 aliphatic heterocycles. The average molecular weight is 296 g/mol. The maximum Gasteiger partial charge on any atom is 0.303 e. The molecule has 6 heteroatoms. The molecule has 2 saturated heterocycles. The Balaban J connectivity index is 1.93. The van der Waals surface area contributed by atoms with E-state index < -0.39 is 5.97 Å². The second kappa shape index (κ2) is 7.02. The van der Waals surface area contributed by atoms with Gasteiger partial charge in [0.15, 0.2) is 0 Å². The fourth-order valence-corrected chi connectivity index (χ4v) is 3.35. The zero-order valence-electron chi connectivity index (χ0n) is 12.6. The number of carbonyl (C=O) groups excluding carboxylic acids is 2. The van der Waals surface area contributed by atoms with Gasteiger partial charge in [0.2, 0.25) is 11.8 Å². The zero-order chi connectivity index (χ0) is 15.4. The minimum absolute atomic E-state index is 0.0688. The van der Waals surface area contributed by atoms with Crippen LogP contribution >= 0.6 is 0 Å². The van der Waals surface area contributed by atoms with E-state index in [0.717, 1.165) is 32.4 Å². The summed E-state index contributed by atoms with van der Waals surface area (Å²) in [6.45, 7) is 4.02. The summed E-state index contributed by atoms with van der Waals surface area (Å²) in [5.41, 5.74) is 0. The lowest BCUT2D eigenvalue weighted by Crippen LogP contribution is -2.47. The molecule has 2 unspecified atom stereocenters. The molecule has 0 aromatic carbocycles. The molecule has 118 valence electrons. The first kappa shape index (κ1) is 15.9. The van der Waals surface area contributed by atoms with Crippen LogP contribution in [0.1, 0.15) is 45.4 Å². The van der Waals surface area contributed by atoms with Crippen LogP contribution < -0.4 is 0 Å². The molecular formula is C15H24N2O4. The number of carboxylic acid groups (broad SMARTS) is 1. The second-order valence-electron chi connectivity index (χ2n) is 6.04. The van der Waals surface area contributed by atoms with E-state index in [1.807, 2.05) is 6.92 Å². The van der Waals surface area contributed by atoms with E-state index in [0.29, 0.717) is 18.9 Å². The summed E-state index contributed by atoms with van der Waals surface area (Å²) in [7, 11) is 0. The van der Waals surface area contributed by atoms with Gasteiger partial charge in [-0.25, -0.2) is 0 Å². The smallest absolute Gasteiger partial charge is 0.303 e. The van der Waals surface area contributed by atoms with E-state index in [-0.39, 0.29) is 30.7 Å². The number of hydrogen-bond donors (Lipinski definition) is 1. The van der Waals surface area contributed by atoms with Crippen molar-refractivity contribution >= 4 is 17.8 Å². The van der Waals surface area contributed by atoms with Gasteiger partial charge in [0.25, 0.3) is 0 Å². The van der Waals surface area contributed by atoms with Crippen molar-refractivity contribution in [1.82, 2.24) is 9.80 Å². The van der Waals surface area contributed by atoms with Gasteiger partial charge in [0.1, 0.15) is 0 Å². The summed E-state index contributed by atoms with van der Waals surface area (Å²) in [4.78, 5) is 38.4. The fourth-order valence-electron chi connectivity index (χ4n) is 3.35. The van der Waals surface area contributed by atoms with Crippen molar-refractivity contribution in [2.24, 2.45) is 5.92 Å². The Bertz CT molecular complexity index is 424. The maximum absolute atomic E-state index is 12.3. The lowest BCUT2D eigenvalue weighted by atomic mass is 9.92. The van der Waals surface area contributed by atoms with Crippen LogP contribution in [0.25, 0.3) is 0 Å². The molecule has 2 fully saturated rings. The van der Waals surface area contributed by atoms with Crippen molar-refractivity contribution < 1.29 is 19.5 Å². The number of carbonyl (C=O) groups is 3. The Morgan fingerprint density at radius 1 is 1.38 bits per heavy atom. The lowest BCUT2D eigenvalue weighted by Gasteiger charge is -2.35. The van der Waals surface area contributed by atoms with Crippen molar-refractivity contribution in [3.63, 3.8) is 0 Å². The molecule has 1 N–H and O–H groups in total. The van der Waals surface area contributed by atoms with E-state index in [9.17, 15) is 14.4 Å². The van der Waals surface area contributed by atoms with Gasteiger partial charge in [-0.2, -0.15) is 0 Å². The van der Waals surface area contributed by atoms with E-state index in [1.165, 1.54) is 4.90 Å². The van der Waals surface area contributed by atoms with Crippen molar-refractivity contribution in [2.75, 3.05) is 19.6 Å². The zero-order valence-corrected chi connectivity index (χ0v) is 12.6. The van der Waals surface area contributed by atoms with Crippen molar-refractivity contribution in [3.8, 4) is 0 Å². The number of hydrogen-bond acceptors (Lipinski definition) is 4. The number of carboxylic acids is 1. The topological polar surface area (TPSA) is 77.9 Å². The Kier molecular flexibility index (Phi) is 5.33. The maximum atomic E-state index is 12.3. The molecule has 2 heterocycles. The van der Waals surface area contributed by atoms with E-state index in [4.69, 9.17) is 5.11 Å². The second-order valence-corrected chi connectivity index (χ2v) is 6.04. The molecule has 2 aliphatic rings. The van der Waals surface area contributed by atoms with Gasteiger partial charge in [0, 0.05) is 19.5 Å². The summed E-state index contributed by atoms with van der Waals surface area (Å²) < 4.78 is 0. The molecule has 2 rings (SSSR count). The molecule has 0 aliphatic carbocycles. The Morgan fingerprint density at radius 3 is 2.81 bits per heavy atom. The summed E-state index contributed by atoms with van der Waals surface area (Å²) >= 11 is 0. The van der Waals surface area contributed by atoms with Gasteiger partial charge in [-0.1, -0.05) is 6.92 Å². The number of aliphatic carboxylic acids is 1. The number of likely N-dealkylation sites (tertiary alicyclic amines) is 2. The molecule has 0 aromatic heterocycles. The van der Waals surface area contributed by atoms with Crippen LogP contribution in [0.3, 0.4) is 0 Å². The standard InChI is InChI=1S/C15H24N2O4/c1-2-7-17-13(18)9-12(15(17)21)16-8-3-4-11(10-16)5-6-14(19)20/h11-12H,2-10H2,1H3,(H,19,20). The van der Waals surface area contributed by atoms with Crippen molar-refractivity contribution in [2.45, 2.75) is 51.5 Å². The number of amides is 2. The van der Waals surface area contributed by atoms with Gasteiger partial charge in [0.05, 0.1) is 12.5 Å². The SMILES string of the molecule is CCCN1C(=O)CC(N2CCCC(CCC(=O)O)C2)C1=O. The molecule has 0 aromatic rings. The van der Waals surface area contributed by atoms with Crippen LogP contribution in [0.4, 0.5) is 0 Å². The Labute approximate surface area is 125 Å². The van der Waals surface area contributed by atoms with Gasteiger partial charge in [-0.3, -0.25) is 24.2 Å². The molecular weight excluding hydrogens is 272 g/mol. The molecule has 2 atom stereocenters. The molecule has 0 bridgehead atoms. The van der Waals surface area contributed by atoms with Crippen LogP contribution in [-0.2, 0) is 14.4 Å². The first-order chi connectivity index (χ1) is 10.0. The highest BCUT2D eigenvalue weighted by Crippen LogP contribution is 2.27. The highest BCUT2D eigenvalue weighted by Gasteiger charge is 2.42. The number of piperidine rings is 1. The summed E-state index contributed by atoms with van der Waals surface area (Å²) in [5.74, 6) is -0.591. The van der Waals surface area contributed by atoms with Crippen LogP contribution in [0, 0.1) is 5.92 Å². The van der Waals surface area contributed by atoms with Crippen molar-refractivity contribution in [1.29, 1.82) is 0 Å². The lowest BCUT2D eigenvalue weighted by molar-refractivity contribution is -0.140. The Hall–Kier alpha value is -1.43. The van der Waals surface area contributed by atoms with Gasteiger partial charge >= 0.3 is 5.97 Å². The first-order valence-corrected chi connectivity index (χ1v) is 7.83. The normalized spacial score (nSPS) is 27.4. The third kappa shape index (κ3) is 3.81. The third-order valence-corrected chi connectivity index (χ3v) is 4.42. The third-order valence-electron chi connectivity index (χ3n) is 4.42. The molecule has 2 amide bonds. The molecule has 0 radical (unpaired) electrons. The summed E-state index contributed by atoms with van der Waals surface area (Å²) in [6, 6.07) is -0.323. The molecule has 6 nitrogen and oxygen atoms in total. The fraction of sp³-hybridized carbons (Fsp3) is 0.800. The first-order valence-electron chi connectivity index (χ1n) is 7.83. The van der Waals surface area contributed by atoms with Crippen LogP contribution in [0.5, 0.6) is 0 Å². The van der Waals surface area contributed by atoms with Gasteiger partial charge in [-0.05, 0) is 38.1 Å². The average Bonchev–Trinajstić information content (AvgIpc) is 2.74. The monoisotopic (exact) mass is 296 g/mol.